The van der Waals surface area contributed by atoms with Crippen molar-refractivity contribution < 1.29 is 14.3 Å². The van der Waals surface area contributed by atoms with Gasteiger partial charge in [0.15, 0.2) is 0 Å². The Labute approximate surface area is 126 Å². The third-order valence-electron chi connectivity index (χ3n) is 3.36. The summed E-state index contributed by atoms with van der Waals surface area (Å²) in [5.74, 6) is 0.578. The van der Waals surface area contributed by atoms with Gasteiger partial charge in [0.2, 0.25) is 0 Å². The van der Waals surface area contributed by atoms with Crippen molar-refractivity contribution in [1.82, 2.24) is 0 Å². The summed E-state index contributed by atoms with van der Waals surface area (Å²) in [5.41, 5.74) is 1.30. The Kier molecular flexibility index (Phi) is 4.17. The number of carbonyl (C=O) groups excluding carboxylic acids is 1. The molecule has 0 aliphatic carbocycles. The summed E-state index contributed by atoms with van der Waals surface area (Å²) in [6.07, 6.45) is 1.06. The van der Waals surface area contributed by atoms with Crippen molar-refractivity contribution in [3.8, 4) is 5.75 Å². The van der Waals surface area contributed by atoms with Gasteiger partial charge in [-0.3, -0.25) is 4.79 Å². The number of fused-ring (bicyclic) bond motifs is 1. The van der Waals surface area contributed by atoms with Crippen LogP contribution in [-0.4, -0.2) is 24.7 Å². The van der Waals surface area contributed by atoms with Crippen LogP contribution in [0, 0.1) is 5.41 Å². The number of hydrogen-bond acceptors (Lipinski definition) is 4. The van der Waals surface area contributed by atoms with Crippen molar-refractivity contribution in [2.45, 2.75) is 46.6 Å². The highest BCUT2D eigenvalue weighted by Gasteiger charge is 2.31. The molecule has 0 fully saturated rings. The molecule has 0 saturated carbocycles. The molecule has 0 amide bonds. The Morgan fingerprint density at radius 1 is 1.24 bits per heavy atom. The van der Waals surface area contributed by atoms with Crippen molar-refractivity contribution in [3.63, 3.8) is 0 Å². The summed E-state index contributed by atoms with van der Waals surface area (Å²) in [4.78, 5) is 12.0. The molecule has 1 aromatic carbocycles. The molecule has 0 saturated heterocycles. The minimum absolute atomic E-state index is 0.216. The molecule has 1 aromatic rings. The van der Waals surface area contributed by atoms with E-state index in [2.05, 4.69) is 11.4 Å². The van der Waals surface area contributed by atoms with E-state index in [1.165, 1.54) is 5.56 Å². The average Bonchev–Trinajstić information content (AvgIpc) is 2.82. The Hall–Kier alpha value is -1.71. The zero-order valence-electron chi connectivity index (χ0n) is 13.6. The molecule has 0 spiro atoms. The molecule has 1 heterocycles. The lowest BCUT2D eigenvalue weighted by Crippen LogP contribution is -2.38. The van der Waals surface area contributed by atoms with E-state index in [-0.39, 0.29) is 5.97 Å². The van der Waals surface area contributed by atoms with Crippen LogP contribution in [0.1, 0.15) is 40.2 Å². The van der Waals surface area contributed by atoms with Gasteiger partial charge < -0.3 is 14.8 Å². The zero-order chi connectivity index (χ0) is 15.7. The maximum atomic E-state index is 12.0. The van der Waals surface area contributed by atoms with E-state index in [9.17, 15) is 4.79 Å². The Balaban J connectivity index is 1.94. The van der Waals surface area contributed by atoms with Crippen molar-refractivity contribution in [3.05, 3.63) is 23.8 Å². The number of nitrogens with one attached hydrogen (secondary N) is 1. The molecule has 0 aromatic heterocycles. The van der Waals surface area contributed by atoms with Crippen LogP contribution >= 0.6 is 0 Å². The molecule has 1 aliphatic heterocycles. The quantitative estimate of drug-likeness (QED) is 0.864. The molecule has 1 N–H and O–H groups in total. The molecular weight excluding hydrogens is 266 g/mol. The van der Waals surface area contributed by atoms with E-state index < -0.39 is 11.0 Å². The van der Waals surface area contributed by atoms with Crippen molar-refractivity contribution >= 4 is 11.7 Å². The first-order valence-corrected chi connectivity index (χ1v) is 7.40. The number of benzene rings is 1. The zero-order valence-corrected chi connectivity index (χ0v) is 13.6. The highest BCUT2D eigenvalue weighted by molar-refractivity contribution is 5.75. The standard InChI is InChI=1S/C17H25NO3/c1-16(2,3)15(19)21-17(4,5)11-20-13-7-6-12-8-9-18-14(12)10-13/h6-7,10,18H,8-9,11H2,1-5H3. The molecule has 116 valence electrons. The average molecular weight is 291 g/mol. The first-order chi connectivity index (χ1) is 9.67. The second-order valence-electron chi connectivity index (χ2n) is 7.18. The monoisotopic (exact) mass is 291 g/mol. The van der Waals surface area contributed by atoms with Crippen LogP contribution in [0.25, 0.3) is 0 Å². The minimum atomic E-state index is -0.656. The number of anilines is 1. The lowest BCUT2D eigenvalue weighted by atomic mass is 9.97. The fraction of sp³-hybridized carbons (Fsp3) is 0.588. The van der Waals surface area contributed by atoms with Crippen LogP contribution < -0.4 is 10.1 Å². The van der Waals surface area contributed by atoms with E-state index in [1.54, 1.807) is 0 Å². The molecule has 0 radical (unpaired) electrons. The molecule has 1 aliphatic rings. The molecular formula is C17H25NO3. The van der Waals surface area contributed by atoms with Gasteiger partial charge in [-0.1, -0.05) is 6.07 Å². The number of rotatable bonds is 4. The molecule has 4 nitrogen and oxygen atoms in total. The van der Waals surface area contributed by atoms with Gasteiger partial charge in [-0.25, -0.2) is 0 Å². The number of esters is 1. The van der Waals surface area contributed by atoms with Gasteiger partial charge in [-0.15, -0.1) is 0 Å². The van der Waals surface area contributed by atoms with Gasteiger partial charge in [-0.2, -0.15) is 0 Å². The molecule has 4 heteroatoms. The maximum absolute atomic E-state index is 12.0. The fourth-order valence-electron chi connectivity index (χ4n) is 2.05. The van der Waals surface area contributed by atoms with Gasteiger partial charge >= 0.3 is 5.97 Å². The van der Waals surface area contributed by atoms with Crippen LogP contribution in [0.3, 0.4) is 0 Å². The second kappa shape index (κ2) is 5.58. The summed E-state index contributed by atoms with van der Waals surface area (Å²) in [5, 5.41) is 3.32. The van der Waals surface area contributed by atoms with Crippen molar-refractivity contribution in [1.29, 1.82) is 0 Å². The summed E-state index contributed by atoms with van der Waals surface area (Å²) < 4.78 is 11.3. The van der Waals surface area contributed by atoms with Crippen LogP contribution in [0.2, 0.25) is 0 Å². The van der Waals surface area contributed by atoms with Crippen LogP contribution in [0.4, 0.5) is 5.69 Å². The van der Waals surface area contributed by atoms with Gasteiger partial charge in [-0.05, 0) is 52.7 Å². The van der Waals surface area contributed by atoms with Crippen LogP contribution in [0.5, 0.6) is 5.75 Å². The predicted octanol–water partition coefficient (Wildman–Crippen LogP) is 3.40. The van der Waals surface area contributed by atoms with E-state index in [0.29, 0.717) is 6.61 Å². The number of hydrogen-bond donors (Lipinski definition) is 1. The van der Waals surface area contributed by atoms with E-state index in [1.807, 2.05) is 46.8 Å². The molecule has 2 rings (SSSR count). The summed E-state index contributed by atoms with van der Waals surface area (Å²) >= 11 is 0. The molecule has 0 atom stereocenters. The van der Waals surface area contributed by atoms with E-state index in [0.717, 1.165) is 24.4 Å². The number of carbonyl (C=O) groups is 1. The van der Waals surface area contributed by atoms with Crippen molar-refractivity contribution in [2.24, 2.45) is 5.41 Å². The van der Waals surface area contributed by atoms with E-state index >= 15 is 0 Å². The topological polar surface area (TPSA) is 47.6 Å². The van der Waals surface area contributed by atoms with Gasteiger partial charge in [0.05, 0.1) is 5.41 Å². The first-order valence-electron chi connectivity index (χ1n) is 7.40. The number of ether oxygens (including phenoxy) is 2. The van der Waals surface area contributed by atoms with Gasteiger partial charge in [0, 0.05) is 18.3 Å². The van der Waals surface area contributed by atoms with Gasteiger partial charge in [0.25, 0.3) is 0 Å². The Morgan fingerprint density at radius 3 is 2.62 bits per heavy atom. The lowest BCUT2D eigenvalue weighted by molar-refractivity contribution is -0.168. The van der Waals surface area contributed by atoms with Crippen LogP contribution in [0.15, 0.2) is 18.2 Å². The maximum Gasteiger partial charge on any atom is 0.311 e. The minimum Gasteiger partial charge on any atom is -0.489 e. The van der Waals surface area contributed by atoms with Crippen LogP contribution in [-0.2, 0) is 16.0 Å². The Bertz CT molecular complexity index is 529. The highest BCUT2D eigenvalue weighted by Crippen LogP contribution is 2.28. The Morgan fingerprint density at radius 2 is 1.95 bits per heavy atom. The predicted molar refractivity (Wildman–Crippen MR) is 83.8 cm³/mol. The molecule has 21 heavy (non-hydrogen) atoms. The normalized spacial score (nSPS) is 14.3. The smallest absolute Gasteiger partial charge is 0.311 e. The molecule has 0 bridgehead atoms. The summed E-state index contributed by atoms with van der Waals surface area (Å²) in [6, 6.07) is 6.05. The largest absolute Gasteiger partial charge is 0.489 e. The fourth-order valence-corrected chi connectivity index (χ4v) is 2.05. The summed E-state index contributed by atoms with van der Waals surface area (Å²) in [7, 11) is 0. The SMILES string of the molecule is CC(C)(COc1ccc2c(c1)NCC2)OC(=O)C(C)(C)C. The van der Waals surface area contributed by atoms with E-state index in [4.69, 9.17) is 9.47 Å². The second-order valence-corrected chi connectivity index (χ2v) is 7.18. The van der Waals surface area contributed by atoms with Gasteiger partial charge in [0.1, 0.15) is 18.0 Å². The highest BCUT2D eigenvalue weighted by atomic mass is 16.6. The molecule has 0 unspecified atom stereocenters. The van der Waals surface area contributed by atoms with Crippen molar-refractivity contribution in [2.75, 3.05) is 18.5 Å². The lowest BCUT2D eigenvalue weighted by Gasteiger charge is -2.29. The third kappa shape index (κ3) is 4.13. The summed E-state index contributed by atoms with van der Waals surface area (Å²) in [6.45, 7) is 10.6. The third-order valence-corrected chi connectivity index (χ3v) is 3.36. The first kappa shape index (κ1) is 15.7.